The van der Waals surface area contributed by atoms with Gasteiger partial charge in [-0.05, 0) is 30.2 Å². The maximum absolute atomic E-state index is 13.6. The van der Waals surface area contributed by atoms with Crippen LogP contribution in [0.4, 0.5) is 4.39 Å². The molecule has 2 rings (SSSR count). The molecule has 0 aliphatic carbocycles. The van der Waals surface area contributed by atoms with E-state index in [0.717, 1.165) is 9.35 Å². The molecule has 0 saturated carbocycles. The Bertz CT molecular complexity index is 489. The SMILES string of the molecule is NNC(Cc1cc(Br)ccc1F)c1cncs1. The highest BCUT2D eigenvalue weighted by atomic mass is 79.9. The molecule has 0 fully saturated rings. The van der Waals surface area contributed by atoms with E-state index < -0.39 is 0 Å². The molecular formula is C11H11BrFN3S. The third kappa shape index (κ3) is 3.10. The lowest BCUT2D eigenvalue weighted by Crippen LogP contribution is -2.29. The maximum Gasteiger partial charge on any atom is 0.126 e. The fourth-order valence-corrected chi connectivity index (χ4v) is 2.65. The summed E-state index contributed by atoms with van der Waals surface area (Å²) in [6, 6.07) is 4.77. The number of nitrogens with one attached hydrogen (secondary N) is 1. The monoisotopic (exact) mass is 315 g/mol. The van der Waals surface area contributed by atoms with Gasteiger partial charge >= 0.3 is 0 Å². The van der Waals surface area contributed by atoms with E-state index in [2.05, 4.69) is 26.3 Å². The lowest BCUT2D eigenvalue weighted by Gasteiger charge is -2.14. The van der Waals surface area contributed by atoms with Gasteiger partial charge in [-0.2, -0.15) is 0 Å². The first-order valence-corrected chi connectivity index (χ1v) is 6.66. The van der Waals surface area contributed by atoms with Gasteiger partial charge in [0.25, 0.3) is 0 Å². The molecular weight excluding hydrogens is 305 g/mol. The molecule has 17 heavy (non-hydrogen) atoms. The molecule has 6 heteroatoms. The highest BCUT2D eigenvalue weighted by Crippen LogP contribution is 2.24. The number of hydrogen-bond acceptors (Lipinski definition) is 4. The van der Waals surface area contributed by atoms with E-state index in [1.54, 1.807) is 23.8 Å². The summed E-state index contributed by atoms with van der Waals surface area (Å²) in [4.78, 5) is 4.99. The summed E-state index contributed by atoms with van der Waals surface area (Å²) in [6.45, 7) is 0. The fraction of sp³-hybridized carbons (Fsp3) is 0.182. The molecule has 1 atom stereocenters. The zero-order chi connectivity index (χ0) is 12.3. The van der Waals surface area contributed by atoms with Gasteiger partial charge in [-0.3, -0.25) is 16.3 Å². The van der Waals surface area contributed by atoms with Gasteiger partial charge in [0.2, 0.25) is 0 Å². The number of rotatable bonds is 4. The van der Waals surface area contributed by atoms with Crippen molar-refractivity contribution in [2.75, 3.05) is 0 Å². The zero-order valence-electron chi connectivity index (χ0n) is 8.86. The van der Waals surface area contributed by atoms with E-state index >= 15 is 0 Å². The van der Waals surface area contributed by atoms with Crippen molar-refractivity contribution in [3.05, 3.63) is 50.6 Å². The number of halogens is 2. The van der Waals surface area contributed by atoms with E-state index in [1.165, 1.54) is 17.4 Å². The van der Waals surface area contributed by atoms with E-state index in [9.17, 15) is 4.39 Å². The summed E-state index contributed by atoms with van der Waals surface area (Å²) in [7, 11) is 0. The quantitative estimate of drug-likeness (QED) is 0.674. The van der Waals surface area contributed by atoms with Crippen molar-refractivity contribution in [2.24, 2.45) is 5.84 Å². The minimum absolute atomic E-state index is 0.119. The first-order valence-electron chi connectivity index (χ1n) is 4.99. The average molecular weight is 316 g/mol. The maximum atomic E-state index is 13.6. The highest BCUT2D eigenvalue weighted by Gasteiger charge is 2.14. The van der Waals surface area contributed by atoms with Gasteiger partial charge in [0, 0.05) is 15.5 Å². The predicted molar refractivity (Wildman–Crippen MR) is 70.0 cm³/mol. The van der Waals surface area contributed by atoms with Crippen molar-refractivity contribution < 1.29 is 4.39 Å². The third-order valence-electron chi connectivity index (χ3n) is 2.43. The minimum Gasteiger partial charge on any atom is -0.271 e. The van der Waals surface area contributed by atoms with Gasteiger partial charge in [0.15, 0.2) is 0 Å². The van der Waals surface area contributed by atoms with E-state index in [-0.39, 0.29) is 11.9 Å². The van der Waals surface area contributed by atoms with Crippen LogP contribution in [0.2, 0.25) is 0 Å². The molecule has 0 aliphatic rings. The Morgan fingerprint density at radius 3 is 3.00 bits per heavy atom. The van der Waals surface area contributed by atoms with Crippen LogP contribution in [0.15, 0.2) is 34.4 Å². The third-order valence-corrected chi connectivity index (χ3v) is 3.81. The molecule has 3 nitrogen and oxygen atoms in total. The second-order valence-electron chi connectivity index (χ2n) is 3.56. The Morgan fingerprint density at radius 2 is 2.35 bits per heavy atom. The van der Waals surface area contributed by atoms with Crippen molar-refractivity contribution in [2.45, 2.75) is 12.5 Å². The number of nitrogens with zero attached hydrogens (tertiary/aromatic N) is 1. The summed E-state index contributed by atoms with van der Waals surface area (Å²) < 4.78 is 14.5. The van der Waals surface area contributed by atoms with Gasteiger partial charge in [-0.25, -0.2) is 4.39 Å². The summed E-state index contributed by atoms with van der Waals surface area (Å²) in [6.07, 6.45) is 2.23. The van der Waals surface area contributed by atoms with Crippen molar-refractivity contribution in [1.29, 1.82) is 0 Å². The van der Waals surface area contributed by atoms with Crippen LogP contribution in [-0.4, -0.2) is 4.98 Å². The Labute approximate surface area is 111 Å². The molecule has 0 spiro atoms. The smallest absolute Gasteiger partial charge is 0.126 e. The van der Waals surface area contributed by atoms with Gasteiger partial charge in [-0.1, -0.05) is 15.9 Å². The Kier molecular flexibility index (Phi) is 4.22. The Morgan fingerprint density at radius 1 is 1.53 bits per heavy atom. The number of benzene rings is 1. The highest BCUT2D eigenvalue weighted by molar-refractivity contribution is 9.10. The van der Waals surface area contributed by atoms with Gasteiger partial charge < -0.3 is 0 Å². The van der Waals surface area contributed by atoms with E-state index in [4.69, 9.17) is 5.84 Å². The van der Waals surface area contributed by atoms with Crippen LogP contribution >= 0.6 is 27.3 Å². The largest absolute Gasteiger partial charge is 0.271 e. The van der Waals surface area contributed by atoms with Crippen molar-refractivity contribution in [1.82, 2.24) is 10.4 Å². The Balaban J connectivity index is 2.21. The molecule has 0 aliphatic heterocycles. The standard InChI is InChI=1S/C11H11BrFN3S/c12-8-1-2-9(13)7(3-8)4-10(16-14)11-5-15-6-17-11/h1-3,5-6,10,16H,4,14H2. The van der Waals surface area contributed by atoms with Crippen LogP contribution in [-0.2, 0) is 6.42 Å². The lowest BCUT2D eigenvalue weighted by atomic mass is 10.1. The van der Waals surface area contributed by atoms with Crippen molar-refractivity contribution in [3.8, 4) is 0 Å². The fourth-order valence-electron chi connectivity index (χ4n) is 1.56. The molecule has 1 unspecified atom stereocenters. The number of hydrazine groups is 1. The molecule has 0 bridgehead atoms. The molecule has 1 aromatic heterocycles. The summed E-state index contributed by atoms with van der Waals surface area (Å²) in [5.74, 6) is 5.27. The Hall–Kier alpha value is -0.820. The molecule has 0 amide bonds. The molecule has 90 valence electrons. The average Bonchev–Trinajstić information content (AvgIpc) is 2.84. The topological polar surface area (TPSA) is 50.9 Å². The van der Waals surface area contributed by atoms with E-state index in [0.29, 0.717) is 12.0 Å². The van der Waals surface area contributed by atoms with Crippen LogP contribution in [0.1, 0.15) is 16.5 Å². The summed E-state index contributed by atoms with van der Waals surface area (Å²) in [5, 5.41) is 0. The van der Waals surface area contributed by atoms with Crippen LogP contribution < -0.4 is 11.3 Å². The minimum atomic E-state index is -0.224. The van der Waals surface area contributed by atoms with Crippen molar-refractivity contribution in [3.63, 3.8) is 0 Å². The number of nitrogens with two attached hydrogens (primary N) is 1. The second-order valence-corrected chi connectivity index (χ2v) is 5.40. The predicted octanol–water partition coefficient (Wildman–Crippen LogP) is 2.79. The molecule has 3 N–H and O–H groups in total. The van der Waals surface area contributed by atoms with Crippen molar-refractivity contribution >= 4 is 27.3 Å². The van der Waals surface area contributed by atoms with Gasteiger partial charge in [0.1, 0.15) is 5.82 Å². The second kappa shape index (κ2) is 5.68. The number of hydrogen-bond donors (Lipinski definition) is 2. The number of aromatic nitrogens is 1. The van der Waals surface area contributed by atoms with Crippen LogP contribution in [0.5, 0.6) is 0 Å². The first-order chi connectivity index (χ1) is 8.20. The first kappa shape index (κ1) is 12.6. The van der Waals surface area contributed by atoms with E-state index in [1.807, 2.05) is 0 Å². The molecule has 2 aromatic rings. The molecule has 0 saturated heterocycles. The lowest BCUT2D eigenvalue weighted by molar-refractivity contribution is 0.534. The van der Waals surface area contributed by atoms with Gasteiger partial charge in [0.05, 0.1) is 11.6 Å². The zero-order valence-corrected chi connectivity index (χ0v) is 11.3. The molecule has 1 heterocycles. The van der Waals surface area contributed by atoms with Crippen LogP contribution in [0.3, 0.4) is 0 Å². The summed E-state index contributed by atoms with van der Waals surface area (Å²) >= 11 is 4.83. The van der Waals surface area contributed by atoms with Gasteiger partial charge in [-0.15, -0.1) is 11.3 Å². The number of thiazole rings is 1. The normalized spacial score (nSPS) is 12.6. The van der Waals surface area contributed by atoms with Crippen LogP contribution in [0, 0.1) is 5.82 Å². The van der Waals surface area contributed by atoms with Crippen LogP contribution in [0.25, 0.3) is 0 Å². The molecule has 0 radical (unpaired) electrons. The summed E-state index contributed by atoms with van der Waals surface area (Å²) in [5.41, 5.74) is 5.04. The molecule has 1 aromatic carbocycles.